The number of nitrogens with zero attached hydrogens (tertiary/aromatic N) is 4. The standard InChI is InChI=1S/C22H19Cl2N5O2S/c1-28(7-8-31-2)20(25)13-9-18(32-12-13)21-27-17-5-3-14(23)10-16(17)22(30)29(21)19-6-4-15(24)11-26-19/h3-6,9-12,25H,7-8H2,1-2H3. The Labute approximate surface area is 198 Å². The molecule has 0 bridgehead atoms. The van der Waals surface area contributed by atoms with Crippen LogP contribution in [0.15, 0.2) is 52.8 Å². The maximum absolute atomic E-state index is 13.5. The van der Waals surface area contributed by atoms with E-state index in [1.807, 2.05) is 18.5 Å². The van der Waals surface area contributed by atoms with Crippen LogP contribution in [0.5, 0.6) is 0 Å². The van der Waals surface area contributed by atoms with Crippen LogP contribution in [0.3, 0.4) is 0 Å². The molecule has 0 aliphatic carbocycles. The van der Waals surface area contributed by atoms with Crippen molar-refractivity contribution in [3.05, 3.63) is 73.9 Å². The maximum Gasteiger partial charge on any atom is 0.267 e. The summed E-state index contributed by atoms with van der Waals surface area (Å²) in [5.74, 6) is 1.19. The van der Waals surface area contributed by atoms with E-state index in [9.17, 15) is 4.79 Å². The third-order valence-electron chi connectivity index (χ3n) is 4.88. The lowest BCUT2D eigenvalue weighted by Gasteiger charge is -2.18. The first-order valence-electron chi connectivity index (χ1n) is 9.61. The van der Waals surface area contributed by atoms with Crippen molar-refractivity contribution in [2.45, 2.75) is 0 Å². The second-order valence-electron chi connectivity index (χ2n) is 7.03. The van der Waals surface area contributed by atoms with E-state index in [1.54, 1.807) is 42.3 Å². The van der Waals surface area contributed by atoms with Gasteiger partial charge in [0.25, 0.3) is 5.56 Å². The lowest BCUT2D eigenvalue weighted by molar-refractivity contribution is 0.183. The van der Waals surface area contributed by atoms with Crippen LogP contribution in [0, 0.1) is 5.41 Å². The van der Waals surface area contributed by atoms with Crippen molar-refractivity contribution in [2.75, 3.05) is 27.3 Å². The predicted octanol–water partition coefficient (Wildman–Crippen LogP) is 4.72. The molecule has 164 valence electrons. The lowest BCUT2D eigenvalue weighted by Crippen LogP contribution is -2.29. The highest BCUT2D eigenvalue weighted by atomic mass is 35.5. The quantitative estimate of drug-likeness (QED) is 0.314. The summed E-state index contributed by atoms with van der Waals surface area (Å²) in [4.78, 5) is 25.1. The fraction of sp³-hybridized carbons (Fsp3) is 0.182. The Morgan fingerprint density at radius 2 is 2.00 bits per heavy atom. The fourth-order valence-corrected chi connectivity index (χ4v) is 4.33. The van der Waals surface area contributed by atoms with Gasteiger partial charge in [0.05, 0.1) is 27.4 Å². The van der Waals surface area contributed by atoms with Gasteiger partial charge >= 0.3 is 0 Å². The highest BCUT2D eigenvalue weighted by Gasteiger charge is 2.19. The van der Waals surface area contributed by atoms with Gasteiger partial charge in [0.2, 0.25) is 0 Å². The van der Waals surface area contributed by atoms with Crippen LogP contribution in [-0.4, -0.2) is 52.6 Å². The highest BCUT2D eigenvalue weighted by Crippen LogP contribution is 2.29. The van der Waals surface area contributed by atoms with Crippen molar-refractivity contribution in [3.8, 4) is 16.5 Å². The fourth-order valence-electron chi connectivity index (χ4n) is 3.17. The average molecular weight is 488 g/mol. The largest absolute Gasteiger partial charge is 0.383 e. The molecule has 3 heterocycles. The normalized spacial score (nSPS) is 11.1. The Bertz CT molecular complexity index is 1350. The minimum absolute atomic E-state index is 0.287. The number of hydrogen-bond acceptors (Lipinski definition) is 6. The molecule has 0 amide bonds. The van der Waals surface area contributed by atoms with Crippen molar-refractivity contribution < 1.29 is 4.74 Å². The van der Waals surface area contributed by atoms with Crippen LogP contribution in [-0.2, 0) is 4.74 Å². The summed E-state index contributed by atoms with van der Waals surface area (Å²) in [6, 6.07) is 10.2. The van der Waals surface area contributed by atoms with Crippen LogP contribution in [0.25, 0.3) is 27.4 Å². The molecular formula is C22H19Cl2N5O2S. The van der Waals surface area contributed by atoms with Crippen LogP contribution in [0.1, 0.15) is 5.56 Å². The smallest absolute Gasteiger partial charge is 0.267 e. The van der Waals surface area contributed by atoms with Gasteiger partial charge in [0.15, 0.2) is 5.82 Å². The van der Waals surface area contributed by atoms with Gasteiger partial charge in [-0.2, -0.15) is 0 Å². The second-order valence-corrected chi connectivity index (χ2v) is 8.82. The number of methoxy groups -OCH3 is 1. The zero-order valence-corrected chi connectivity index (χ0v) is 19.6. The number of likely N-dealkylation sites (N-methyl/N-ethyl adjacent to an activating group) is 1. The van der Waals surface area contributed by atoms with E-state index in [2.05, 4.69) is 4.98 Å². The first kappa shape index (κ1) is 22.4. The number of aromatic nitrogens is 3. The van der Waals surface area contributed by atoms with E-state index in [1.165, 1.54) is 22.1 Å². The third-order valence-corrected chi connectivity index (χ3v) is 6.26. The molecule has 7 nitrogen and oxygen atoms in total. The van der Waals surface area contributed by atoms with Gasteiger partial charge in [0.1, 0.15) is 11.7 Å². The number of fused-ring (bicyclic) bond motifs is 1. The zero-order valence-electron chi connectivity index (χ0n) is 17.3. The summed E-state index contributed by atoms with van der Waals surface area (Å²) in [6.45, 7) is 1.11. The van der Waals surface area contributed by atoms with Gasteiger partial charge in [0, 0.05) is 42.9 Å². The lowest BCUT2D eigenvalue weighted by atomic mass is 10.2. The van der Waals surface area contributed by atoms with E-state index in [0.717, 1.165) is 10.4 Å². The number of halogens is 2. The average Bonchev–Trinajstić information content (AvgIpc) is 3.28. The molecule has 1 aromatic carbocycles. The summed E-state index contributed by atoms with van der Waals surface area (Å²) in [5, 5.41) is 11.7. The summed E-state index contributed by atoms with van der Waals surface area (Å²) in [5.41, 5.74) is 0.969. The minimum atomic E-state index is -0.287. The summed E-state index contributed by atoms with van der Waals surface area (Å²) in [6.07, 6.45) is 1.48. The molecule has 0 radical (unpaired) electrons. The molecule has 0 fully saturated rings. The molecule has 0 unspecified atom stereocenters. The number of rotatable bonds is 6. The summed E-state index contributed by atoms with van der Waals surface area (Å²) >= 11 is 13.5. The molecule has 10 heteroatoms. The van der Waals surface area contributed by atoms with Gasteiger partial charge < -0.3 is 9.64 Å². The number of amidine groups is 1. The molecule has 0 aliphatic rings. The Morgan fingerprint density at radius 1 is 1.22 bits per heavy atom. The minimum Gasteiger partial charge on any atom is -0.383 e. The molecule has 4 rings (SSSR count). The first-order chi connectivity index (χ1) is 15.4. The Hall–Kier alpha value is -2.78. The van der Waals surface area contributed by atoms with Gasteiger partial charge in [-0.1, -0.05) is 23.2 Å². The molecule has 32 heavy (non-hydrogen) atoms. The van der Waals surface area contributed by atoms with E-state index in [4.69, 9.17) is 38.3 Å². The number of ether oxygens (including phenoxy) is 1. The molecule has 0 saturated heterocycles. The first-order valence-corrected chi connectivity index (χ1v) is 11.2. The van der Waals surface area contributed by atoms with Crippen molar-refractivity contribution in [1.29, 1.82) is 5.41 Å². The summed E-state index contributed by atoms with van der Waals surface area (Å²) in [7, 11) is 3.47. The van der Waals surface area contributed by atoms with Gasteiger partial charge in [-0.05, 0) is 36.4 Å². The molecule has 0 atom stereocenters. The molecule has 0 saturated carbocycles. The van der Waals surface area contributed by atoms with Crippen molar-refractivity contribution in [1.82, 2.24) is 19.4 Å². The van der Waals surface area contributed by atoms with Crippen LogP contribution >= 0.6 is 34.5 Å². The molecule has 3 aromatic heterocycles. The number of hydrogen-bond donors (Lipinski definition) is 1. The molecule has 1 N–H and O–H groups in total. The second kappa shape index (κ2) is 9.38. The monoisotopic (exact) mass is 487 g/mol. The van der Waals surface area contributed by atoms with E-state index >= 15 is 0 Å². The maximum atomic E-state index is 13.5. The Kier molecular flexibility index (Phi) is 6.57. The van der Waals surface area contributed by atoms with Crippen LogP contribution < -0.4 is 5.56 Å². The van der Waals surface area contributed by atoms with Crippen molar-refractivity contribution in [3.63, 3.8) is 0 Å². The van der Waals surface area contributed by atoms with Crippen LogP contribution in [0.2, 0.25) is 10.0 Å². The number of thiophene rings is 1. The van der Waals surface area contributed by atoms with E-state index in [0.29, 0.717) is 51.6 Å². The number of benzene rings is 1. The zero-order chi connectivity index (χ0) is 22.8. The summed E-state index contributed by atoms with van der Waals surface area (Å²) < 4.78 is 6.55. The molecule has 0 aliphatic heterocycles. The topological polar surface area (TPSA) is 84.1 Å². The number of pyridine rings is 1. The SMILES string of the molecule is COCCN(C)C(=N)c1csc(-c2nc3ccc(Cl)cc3c(=O)n2-c2ccc(Cl)cn2)c1. The van der Waals surface area contributed by atoms with Crippen molar-refractivity contribution >= 4 is 51.3 Å². The van der Waals surface area contributed by atoms with Gasteiger partial charge in [-0.3, -0.25) is 10.2 Å². The van der Waals surface area contributed by atoms with E-state index < -0.39 is 0 Å². The van der Waals surface area contributed by atoms with E-state index in [-0.39, 0.29) is 5.56 Å². The van der Waals surface area contributed by atoms with Gasteiger partial charge in [-0.25, -0.2) is 14.5 Å². The predicted molar refractivity (Wildman–Crippen MR) is 130 cm³/mol. The van der Waals surface area contributed by atoms with Crippen LogP contribution in [0.4, 0.5) is 0 Å². The third kappa shape index (κ3) is 4.40. The van der Waals surface area contributed by atoms with Crippen molar-refractivity contribution in [2.24, 2.45) is 0 Å². The molecular weight excluding hydrogens is 469 g/mol. The Morgan fingerprint density at radius 3 is 2.72 bits per heavy atom. The molecule has 4 aromatic rings. The van der Waals surface area contributed by atoms with Gasteiger partial charge in [-0.15, -0.1) is 11.3 Å². The molecule has 0 spiro atoms. The Balaban J connectivity index is 1.87. The highest BCUT2D eigenvalue weighted by molar-refractivity contribution is 7.13. The number of nitrogens with one attached hydrogen (secondary N) is 1.